The fourth-order valence-electron chi connectivity index (χ4n) is 2.37. The number of fused-ring (bicyclic) bond motifs is 1. The highest BCUT2D eigenvalue weighted by Gasteiger charge is 2.32. The molecule has 110 valence electrons. The zero-order valence-corrected chi connectivity index (χ0v) is 12.1. The van der Waals surface area contributed by atoms with Crippen molar-refractivity contribution in [1.82, 2.24) is 4.31 Å². The van der Waals surface area contributed by atoms with Gasteiger partial charge in [0.1, 0.15) is 19.4 Å². The van der Waals surface area contributed by atoms with Crippen LogP contribution in [0.2, 0.25) is 0 Å². The van der Waals surface area contributed by atoms with Crippen LogP contribution in [0, 0.1) is 0 Å². The van der Waals surface area contributed by atoms with Crippen molar-refractivity contribution in [2.75, 3.05) is 26.4 Å². The van der Waals surface area contributed by atoms with Crippen LogP contribution in [0.15, 0.2) is 23.1 Å². The second-order valence-electron chi connectivity index (χ2n) is 4.74. The number of ether oxygens (including phenoxy) is 3. The second kappa shape index (κ2) is 5.23. The van der Waals surface area contributed by atoms with Crippen molar-refractivity contribution in [3.05, 3.63) is 18.2 Å². The zero-order chi connectivity index (χ0) is 14.2. The Morgan fingerprint density at radius 1 is 1.15 bits per heavy atom. The summed E-state index contributed by atoms with van der Waals surface area (Å²) >= 11 is 0. The van der Waals surface area contributed by atoms with Crippen molar-refractivity contribution in [2.24, 2.45) is 0 Å². The van der Waals surface area contributed by atoms with Crippen molar-refractivity contribution in [3.63, 3.8) is 0 Å². The lowest BCUT2D eigenvalue weighted by Crippen LogP contribution is -2.44. The number of hydrogen-bond donors (Lipinski definition) is 0. The van der Waals surface area contributed by atoms with E-state index in [9.17, 15) is 8.42 Å². The van der Waals surface area contributed by atoms with E-state index in [1.54, 1.807) is 19.1 Å². The van der Waals surface area contributed by atoms with Gasteiger partial charge in [-0.1, -0.05) is 0 Å². The molecule has 1 atom stereocenters. The lowest BCUT2D eigenvalue weighted by atomic mass is 10.3. The fourth-order valence-corrected chi connectivity index (χ4v) is 3.96. The highest BCUT2D eigenvalue weighted by atomic mass is 32.2. The van der Waals surface area contributed by atoms with Crippen LogP contribution in [-0.4, -0.2) is 45.3 Å². The van der Waals surface area contributed by atoms with Gasteiger partial charge in [0.05, 0.1) is 4.90 Å². The van der Waals surface area contributed by atoms with E-state index in [0.29, 0.717) is 44.3 Å². The molecule has 3 rings (SSSR count). The molecule has 1 fully saturated rings. The van der Waals surface area contributed by atoms with Crippen LogP contribution >= 0.6 is 0 Å². The Morgan fingerprint density at radius 2 is 1.90 bits per heavy atom. The molecular formula is C13H17NO5S. The van der Waals surface area contributed by atoms with Gasteiger partial charge >= 0.3 is 0 Å². The molecule has 0 bridgehead atoms. The average molecular weight is 299 g/mol. The minimum absolute atomic E-state index is 0.208. The third-order valence-corrected chi connectivity index (χ3v) is 5.35. The Hall–Kier alpha value is -1.31. The van der Waals surface area contributed by atoms with E-state index >= 15 is 0 Å². The van der Waals surface area contributed by atoms with Crippen LogP contribution in [0.25, 0.3) is 0 Å². The fraction of sp³-hybridized carbons (Fsp3) is 0.538. The summed E-state index contributed by atoms with van der Waals surface area (Å²) in [7, 11) is -3.57. The minimum Gasteiger partial charge on any atom is -0.486 e. The Labute approximate surface area is 118 Å². The molecule has 2 heterocycles. The van der Waals surface area contributed by atoms with Gasteiger partial charge in [0.15, 0.2) is 11.5 Å². The molecule has 6 nitrogen and oxygen atoms in total. The predicted molar refractivity (Wildman–Crippen MR) is 71.4 cm³/mol. The maximum absolute atomic E-state index is 12.6. The summed E-state index contributed by atoms with van der Waals surface area (Å²) in [6, 6.07) is 4.70. The molecule has 0 amide bonds. The molecule has 1 saturated heterocycles. The molecule has 20 heavy (non-hydrogen) atoms. The Kier molecular flexibility index (Phi) is 3.57. The van der Waals surface area contributed by atoms with Crippen LogP contribution < -0.4 is 9.47 Å². The van der Waals surface area contributed by atoms with E-state index < -0.39 is 16.3 Å². The SMILES string of the molecule is CC1OCCCN1S(=O)(=O)c1ccc2c(c1)OCCO2. The van der Waals surface area contributed by atoms with E-state index in [1.165, 1.54) is 10.4 Å². The molecule has 0 aliphatic carbocycles. The topological polar surface area (TPSA) is 65.1 Å². The maximum atomic E-state index is 12.6. The third-order valence-electron chi connectivity index (χ3n) is 3.41. The largest absolute Gasteiger partial charge is 0.486 e. The number of hydrogen-bond acceptors (Lipinski definition) is 5. The third kappa shape index (κ3) is 2.36. The Bertz CT molecular complexity index is 601. The lowest BCUT2D eigenvalue weighted by molar-refractivity contribution is -0.0410. The predicted octanol–water partition coefficient (Wildman–Crippen LogP) is 1.21. The van der Waals surface area contributed by atoms with Crippen LogP contribution in [0.3, 0.4) is 0 Å². The average Bonchev–Trinajstić information content (AvgIpc) is 2.47. The molecule has 1 aromatic rings. The molecule has 0 radical (unpaired) electrons. The Balaban J connectivity index is 1.94. The van der Waals surface area contributed by atoms with E-state index in [1.807, 2.05) is 0 Å². The normalized spacial score (nSPS) is 23.6. The van der Waals surface area contributed by atoms with Crippen molar-refractivity contribution < 1.29 is 22.6 Å². The van der Waals surface area contributed by atoms with E-state index in [-0.39, 0.29) is 4.90 Å². The van der Waals surface area contributed by atoms with Crippen molar-refractivity contribution in [3.8, 4) is 11.5 Å². The summed E-state index contributed by atoms with van der Waals surface area (Å²) in [6.07, 6.45) is 0.260. The van der Waals surface area contributed by atoms with Gasteiger partial charge in [-0.05, 0) is 25.5 Å². The number of benzene rings is 1. The monoisotopic (exact) mass is 299 g/mol. The van der Waals surface area contributed by atoms with Crippen molar-refractivity contribution >= 4 is 10.0 Å². The van der Waals surface area contributed by atoms with Gasteiger partial charge in [0, 0.05) is 19.2 Å². The van der Waals surface area contributed by atoms with Crippen LogP contribution in [0.1, 0.15) is 13.3 Å². The summed E-state index contributed by atoms with van der Waals surface area (Å²) in [5.41, 5.74) is 0. The van der Waals surface area contributed by atoms with Gasteiger partial charge < -0.3 is 14.2 Å². The zero-order valence-electron chi connectivity index (χ0n) is 11.2. The lowest BCUT2D eigenvalue weighted by Gasteiger charge is -2.32. The molecule has 0 N–H and O–H groups in total. The molecule has 0 saturated carbocycles. The molecule has 1 unspecified atom stereocenters. The smallest absolute Gasteiger partial charge is 0.245 e. The van der Waals surface area contributed by atoms with Crippen LogP contribution in [0.5, 0.6) is 11.5 Å². The van der Waals surface area contributed by atoms with Gasteiger partial charge in [0.25, 0.3) is 0 Å². The second-order valence-corrected chi connectivity index (χ2v) is 6.64. The molecule has 7 heteroatoms. The van der Waals surface area contributed by atoms with Gasteiger partial charge in [-0.2, -0.15) is 4.31 Å². The van der Waals surface area contributed by atoms with E-state index in [4.69, 9.17) is 14.2 Å². The number of sulfonamides is 1. The van der Waals surface area contributed by atoms with Crippen molar-refractivity contribution in [1.29, 1.82) is 0 Å². The molecular weight excluding hydrogens is 282 g/mol. The first kappa shape index (κ1) is 13.7. The summed E-state index contributed by atoms with van der Waals surface area (Å²) in [4.78, 5) is 0.208. The van der Waals surface area contributed by atoms with Crippen LogP contribution in [0.4, 0.5) is 0 Å². The van der Waals surface area contributed by atoms with Gasteiger partial charge in [-0.15, -0.1) is 0 Å². The maximum Gasteiger partial charge on any atom is 0.245 e. The highest BCUT2D eigenvalue weighted by Crippen LogP contribution is 2.33. The van der Waals surface area contributed by atoms with Gasteiger partial charge in [-0.25, -0.2) is 8.42 Å². The van der Waals surface area contributed by atoms with Gasteiger partial charge in [0.2, 0.25) is 10.0 Å². The van der Waals surface area contributed by atoms with Crippen molar-refractivity contribution in [2.45, 2.75) is 24.5 Å². The molecule has 2 aliphatic heterocycles. The van der Waals surface area contributed by atoms with E-state index in [2.05, 4.69) is 0 Å². The van der Waals surface area contributed by atoms with Crippen LogP contribution in [-0.2, 0) is 14.8 Å². The first-order chi connectivity index (χ1) is 9.59. The summed E-state index contributed by atoms with van der Waals surface area (Å²) in [5, 5.41) is 0. The number of nitrogens with zero attached hydrogens (tertiary/aromatic N) is 1. The molecule has 2 aliphatic rings. The first-order valence-electron chi connectivity index (χ1n) is 6.62. The summed E-state index contributed by atoms with van der Waals surface area (Å²) in [5.74, 6) is 1.06. The quantitative estimate of drug-likeness (QED) is 0.821. The van der Waals surface area contributed by atoms with E-state index in [0.717, 1.165) is 0 Å². The first-order valence-corrected chi connectivity index (χ1v) is 8.06. The molecule has 1 aromatic carbocycles. The minimum atomic E-state index is -3.57. The molecule has 0 aromatic heterocycles. The van der Waals surface area contributed by atoms with Gasteiger partial charge in [-0.3, -0.25) is 0 Å². The Morgan fingerprint density at radius 3 is 2.65 bits per heavy atom. The summed E-state index contributed by atoms with van der Waals surface area (Å²) in [6.45, 7) is 3.72. The standard InChI is InChI=1S/C13H17NO5S/c1-10-14(5-2-6-17-10)20(15,16)11-3-4-12-13(9-11)19-8-7-18-12/h3-4,9-10H,2,5-8H2,1H3. The summed E-state index contributed by atoms with van der Waals surface area (Å²) < 4.78 is 42.9. The highest BCUT2D eigenvalue weighted by molar-refractivity contribution is 7.89. The molecule has 0 spiro atoms. The number of rotatable bonds is 2.